The maximum absolute atomic E-state index is 11.5. The first kappa shape index (κ1) is 14.3. The number of hydrogen-bond donors (Lipinski definition) is 2. The van der Waals surface area contributed by atoms with E-state index in [0.717, 1.165) is 12.8 Å². The van der Waals surface area contributed by atoms with Crippen LogP contribution in [0.4, 0.5) is 0 Å². The first-order valence-corrected chi connectivity index (χ1v) is 8.55. The molecule has 2 N–H and O–H groups in total. The van der Waals surface area contributed by atoms with Crippen molar-refractivity contribution in [2.75, 3.05) is 25.2 Å². The standard InChI is InChI=1S/C10H21NO3S2/c1-15-10(5-3-2-4-6-10)9-11-16(13,14)8-7-12/h11-12H,2-9H2,1H3. The molecule has 0 aliphatic heterocycles. The highest BCUT2D eigenvalue weighted by Gasteiger charge is 2.32. The number of aliphatic hydroxyl groups excluding tert-OH is 1. The minimum atomic E-state index is -3.29. The Balaban J connectivity index is 2.50. The Kier molecular flexibility index (Phi) is 5.56. The van der Waals surface area contributed by atoms with Gasteiger partial charge in [-0.05, 0) is 19.1 Å². The molecular weight excluding hydrogens is 246 g/mol. The average molecular weight is 267 g/mol. The largest absolute Gasteiger partial charge is 0.395 e. The molecule has 96 valence electrons. The van der Waals surface area contributed by atoms with Gasteiger partial charge < -0.3 is 5.11 Å². The third-order valence-corrected chi connectivity index (χ3v) is 5.89. The van der Waals surface area contributed by atoms with E-state index in [9.17, 15) is 8.42 Å². The second kappa shape index (κ2) is 6.23. The van der Waals surface area contributed by atoms with Gasteiger partial charge in [-0.1, -0.05) is 19.3 Å². The number of nitrogens with one attached hydrogen (secondary N) is 1. The van der Waals surface area contributed by atoms with E-state index in [4.69, 9.17) is 5.11 Å². The van der Waals surface area contributed by atoms with Gasteiger partial charge in [-0.3, -0.25) is 0 Å². The van der Waals surface area contributed by atoms with E-state index in [1.165, 1.54) is 19.3 Å². The molecule has 1 rings (SSSR count). The molecule has 0 aromatic heterocycles. The van der Waals surface area contributed by atoms with E-state index < -0.39 is 10.0 Å². The van der Waals surface area contributed by atoms with Crippen LogP contribution in [0.5, 0.6) is 0 Å². The molecule has 0 aromatic rings. The van der Waals surface area contributed by atoms with Gasteiger partial charge in [0.05, 0.1) is 12.4 Å². The summed E-state index contributed by atoms with van der Waals surface area (Å²) in [6.07, 6.45) is 7.83. The highest BCUT2D eigenvalue weighted by molar-refractivity contribution is 8.00. The molecule has 0 amide bonds. The van der Waals surface area contributed by atoms with E-state index in [2.05, 4.69) is 4.72 Å². The smallest absolute Gasteiger partial charge is 0.213 e. The van der Waals surface area contributed by atoms with Crippen molar-refractivity contribution in [2.45, 2.75) is 36.9 Å². The molecule has 1 fully saturated rings. The molecule has 0 unspecified atom stereocenters. The Hall–Kier alpha value is 0.220. The highest BCUT2D eigenvalue weighted by atomic mass is 32.2. The van der Waals surface area contributed by atoms with Crippen molar-refractivity contribution in [2.24, 2.45) is 0 Å². The summed E-state index contributed by atoms with van der Waals surface area (Å²) in [5, 5.41) is 8.64. The molecule has 0 radical (unpaired) electrons. The first-order valence-electron chi connectivity index (χ1n) is 5.67. The number of aliphatic hydroxyl groups is 1. The van der Waals surface area contributed by atoms with E-state index in [1.54, 1.807) is 11.8 Å². The van der Waals surface area contributed by atoms with Gasteiger partial charge in [0.25, 0.3) is 0 Å². The maximum Gasteiger partial charge on any atom is 0.213 e. The lowest BCUT2D eigenvalue weighted by Gasteiger charge is -2.35. The lowest BCUT2D eigenvalue weighted by Crippen LogP contribution is -2.42. The van der Waals surface area contributed by atoms with Crippen LogP contribution in [0.3, 0.4) is 0 Å². The van der Waals surface area contributed by atoms with Crippen molar-refractivity contribution in [3.8, 4) is 0 Å². The second-order valence-electron chi connectivity index (χ2n) is 4.31. The Morgan fingerprint density at radius 1 is 1.31 bits per heavy atom. The van der Waals surface area contributed by atoms with Crippen molar-refractivity contribution in [3.63, 3.8) is 0 Å². The van der Waals surface area contributed by atoms with Gasteiger partial charge in [-0.25, -0.2) is 13.1 Å². The van der Waals surface area contributed by atoms with Crippen LogP contribution in [0, 0.1) is 0 Å². The van der Waals surface area contributed by atoms with E-state index in [-0.39, 0.29) is 17.1 Å². The van der Waals surface area contributed by atoms with Crippen molar-refractivity contribution in [3.05, 3.63) is 0 Å². The average Bonchev–Trinajstić information content (AvgIpc) is 2.28. The summed E-state index contributed by atoms with van der Waals surface area (Å²) < 4.78 is 25.6. The lowest BCUT2D eigenvalue weighted by atomic mass is 9.88. The van der Waals surface area contributed by atoms with Crippen LogP contribution in [0.25, 0.3) is 0 Å². The Morgan fingerprint density at radius 2 is 1.94 bits per heavy atom. The zero-order valence-electron chi connectivity index (χ0n) is 9.74. The molecule has 0 atom stereocenters. The Labute approximate surface area is 102 Å². The SMILES string of the molecule is CSC1(CNS(=O)(=O)CCO)CCCCC1. The fourth-order valence-electron chi connectivity index (χ4n) is 2.08. The molecule has 0 aromatic carbocycles. The normalized spacial score (nSPS) is 20.9. The predicted molar refractivity (Wildman–Crippen MR) is 68.2 cm³/mol. The van der Waals surface area contributed by atoms with Crippen molar-refractivity contribution in [1.82, 2.24) is 4.72 Å². The van der Waals surface area contributed by atoms with Crippen LogP contribution in [0.2, 0.25) is 0 Å². The molecular formula is C10H21NO3S2. The van der Waals surface area contributed by atoms with E-state index >= 15 is 0 Å². The number of sulfonamides is 1. The lowest BCUT2D eigenvalue weighted by molar-refractivity contribution is 0.318. The van der Waals surface area contributed by atoms with Crippen molar-refractivity contribution >= 4 is 21.8 Å². The molecule has 1 aliphatic carbocycles. The Morgan fingerprint density at radius 3 is 2.44 bits per heavy atom. The van der Waals surface area contributed by atoms with Gasteiger partial charge in [0.15, 0.2) is 0 Å². The van der Waals surface area contributed by atoms with Crippen LogP contribution in [0.15, 0.2) is 0 Å². The summed E-state index contributed by atoms with van der Waals surface area (Å²) in [7, 11) is -3.29. The molecule has 0 saturated heterocycles. The number of rotatable bonds is 6. The molecule has 0 bridgehead atoms. The van der Waals surface area contributed by atoms with E-state index in [1.807, 2.05) is 6.26 Å². The third-order valence-electron chi connectivity index (χ3n) is 3.17. The first-order chi connectivity index (χ1) is 7.54. The van der Waals surface area contributed by atoms with Gasteiger partial charge in [0.2, 0.25) is 10.0 Å². The Bertz CT molecular complexity index is 297. The predicted octanol–water partition coefficient (Wildman–Crippen LogP) is 0.964. The van der Waals surface area contributed by atoms with Gasteiger partial charge >= 0.3 is 0 Å². The van der Waals surface area contributed by atoms with Crippen LogP contribution < -0.4 is 4.72 Å². The van der Waals surface area contributed by atoms with Gasteiger partial charge in [-0.15, -0.1) is 0 Å². The minimum absolute atomic E-state index is 0.0702. The third kappa shape index (κ3) is 4.24. The fraction of sp³-hybridized carbons (Fsp3) is 1.00. The van der Waals surface area contributed by atoms with Crippen LogP contribution in [-0.4, -0.2) is 43.4 Å². The molecule has 6 heteroatoms. The summed E-state index contributed by atoms with van der Waals surface area (Å²) in [5.41, 5.74) is 0. The molecule has 4 nitrogen and oxygen atoms in total. The topological polar surface area (TPSA) is 66.4 Å². The summed E-state index contributed by atoms with van der Waals surface area (Å²) >= 11 is 1.76. The summed E-state index contributed by atoms with van der Waals surface area (Å²) in [6, 6.07) is 0. The summed E-state index contributed by atoms with van der Waals surface area (Å²) in [5.74, 6) is -0.197. The van der Waals surface area contributed by atoms with Gasteiger partial charge in [0, 0.05) is 11.3 Å². The highest BCUT2D eigenvalue weighted by Crippen LogP contribution is 2.38. The number of hydrogen-bond acceptors (Lipinski definition) is 4. The number of thioether (sulfide) groups is 1. The van der Waals surface area contributed by atoms with Gasteiger partial charge in [0.1, 0.15) is 0 Å². The van der Waals surface area contributed by atoms with E-state index in [0.29, 0.717) is 6.54 Å². The van der Waals surface area contributed by atoms with Crippen LogP contribution in [-0.2, 0) is 10.0 Å². The summed E-state index contributed by atoms with van der Waals surface area (Å²) in [4.78, 5) is 0. The van der Waals surface area contributed by atoms with Gasteiger partial charge in [-0.2, -0.15) is 11.8 Å². The zero-order valence-corrected chi connectivity index (χ0v) is 11.4. The fourth-order valence-corrected chi connectivity index (χ4v) is 3.97. The quantitative estimate of drug-likeness (QED) is 0.752. The van der Waals surface area contributed by atoms with Crippen molar-refractivity contribution < 1.29 is 13.5 Å². The monoisotopic (exact) mass is 267 g/mol. The van der Waals surface area contributed by atoms with Crippen molar-refractivity contribution in [1.29, 1.82) is 0 Å². The molecule has 1 aliphatic rings. The maximum atomic E-state index is 11.5. The van der Waals surface area contributed by atoms with Crippen LogP contribution >= 0.6 is 11.8 Å². The minimum Gasteiger partial charge on any atom is -0.395 e. The zero-order chi connectivity index (χ0) is 12.1. The second-order valence-corrected chi connectivity index (χ2v) is 7.51. The molecule has 16 heavy (non-hydrogen) atoms. The summed E-state index contributed by atoms with van der Waals surface area (Å²) in [6.45, 7) is 0.179. The van der Waals surface area contributed by atoms with Crippen LogP contribution in [0.1, 0.15) is 32.1 Å². The molecule has 1 saturated carbocycles. The molecule has 0 spiro atoms. The molecule has 0 heterocycles.